The second kappa shape index (κ2) is 12.3. The van der Waals surface area contributed by atoms with Gasteiger partial charge in [-0.15, -0.1) is 0 Å². The van der Waals surface area contributed by atoms with Crippen LogP contribution in [0.5, 0.6) is 0 Å². The molecular weight excluding hydrogens is 550 g/mol. The van der Waals surface area contributed by atoms with Gasteiger partial charge in [0.25, 0.3) is 11.8 Å². The molecule has 216 valence electrons. The Morgan fingerprint density at radius 1 is 1.27 bits per heavy atom. The summed E-state index contributed by atoms with van der Waals surface area (Å²) < 4.78 is 27.3. The van der Waals surface area contributed by atoms with E-state index in [-0.39, 0.29) is 23.8 Å². The molecule has 2 aromatic rings. The highest BCUT2D eigenvalue weighted by molar-refractivity contribution is 6.31. The highest BCUT2D eigenvalue weighted by atomic mass is 35.5. The highest BCUT2D eigenvalue weighted by Crippen LogP contribution is 2.39. The minimum absolute atomic E-state index is 0.114. The van der Waals surface area contributed by atoms with Crippen LogP contribution in [0.4, 0.5) is 14.6 Å². The van der Waals surface area contributed by atoms with Crippen LogP contribution in [0.2, 0.25) is 5.02 Å². The molecule has 3 amide bonds. The minimum Gasteiger partial charge on any atom is -0.351 e. The van der Waals surface area contributed by atoms with Crippen molar-refractivity contribution in [3.05, 3.63) is 94.8 Å². The predicted molar refractivity (Wildman–Crippen MR) is 154 cm³/mol. The number of halogens is 3. The van der Waals surface area contributed by atoms with Gasteiger partial charge >= 0.3 is 0 Å². The van der Waals surface area contributed by atoms with E-state index in [1.165, 1.54) is 9.80 Å². The maximum Gasteiger partial charge on any atom is 0.252 e. The van der Waals surface area contributed by atoms with E-state index in [1.807, 2.05) is 6.92 Å². The van der Waals surface area contributed by atoms with Gasteiger partial charge < -0.3 is 5.32 Å². The summed E-state index contributed by atoms with van der Waals surface area (Å²) in [4.78, 5) is 48.6. The van der Waals surface area contributed by atoms with Crippen LogP contribution in [0.25, 0.3) is 0 Å². The molecule has 41 heavy (non-hydrogen) atoms. The Labute approximate surface area is 243 Å². The van der Waals surface area contributed by atoms with Gasteiger partial charge in [-0.3, -0.25) is 24.2 Å². The molecule has 1 aromatic carbocycles. The van der Waals surface area contributed by atoms with Crippen molar-refractivity contribution in [1.82, 2.24) is 15.2 Å². The van der Waals surface area contributed by atoms with Crippen molar-refractivity contribution in [2.75, 3.05) is 4.90 Å². The van der Waals surface area contributed by atoms with E-state index in [2.05, 4.69) is 16.9 Å². The number of nitrogens with zero attached hydrogens (tertiary/aromatic N) is 3. The molecule has 1 aliphatic carbocycles. The summed E-state index contributed by atoms with van der Waals surface area (Å²) in [6, 6.07) is 7.05. The summed E-state index contributed by atoms with van der Waals surface area (Å²) in [5.74, 6) is -3.99. The summed E-state index contributed by atoms with van der Waals surface area (Å²) in [6.45, 7) is 9.31. The number of hydrogen-bond donors (Lipinski definition) is 1. The van der Waals surface area contributed by atoms with Crippen LogP contribution in [0, 0.1) is 6.92 Å². The van der Waals surface area contributed by atoms with Gasteiger partial charge in [0.05, 0.1) is 0 Å². The monoisotopic (exact) mass is 582 g/mol. The molecule has 2 atom stereocenters. The zero-order valence-corrected chi connectivity index (χ0v) is 24.0. The fraction of sp³-hybridized carbons (Fsp3) is 0.355. The lowest BCUT2D eigenvalue weighted by atomic mass is 9.87. The standard InChI is InChI=1S/C31H33ClF2N4O3/c1-5-8-22(15-19(2)3)37(30(41)25-11-12-27(39)38(25)26-16-20(4)13-14-35-26)28(23-9-6-7-10-24(23)32)29(40)36-21-17-31(33,34)18-21/h5-10,13-16,21,25,28H,2,11-12,17-18H2,1,3-4H3,(H,36,40). The third-order valence-corrected chi connectivity index (χ3v) is 7.38. The number of rotatable bonds is 9. The number of nitrogens with one attached hydrogen (secondary N) is 1. The van der Waals surface area contributed by atoms with Gasteiger partial charge in [0.1, 0.15) is 17.9 Å². The summed E-state index contributed by atoms with van der Waals surface area (Å²) in [7, 11) is 0. The molecule has 10 heteroatoms. The van der Waals surface area contributed by atoms with E-state index in [4.69, 9.17) is 11.6 Å². The van der Waals surface area contributed by atoms with Crippen molar-refractivity contribution in [2.24, 2.45) is 0 Å². The molecule has 2 heterocycles. The molecule has 0 radical (unpaired) electrons. The summed E-state index contributed by atoms with van der Waals surface area (Å²) in [6.07, 6.45) is 5.92. The van der Waals surface area contributed by atoms with Crippen LogP contribution in [-0.4, -0.2) is 45.6 Å². The average Bonchev–Trinajstić information content (AvgIpc) is 3.27. The summed E-state index contributed by atoms with van der Waals surface area (Å²) in [5, 5.41) is 2.92. The first kappa shape index (κ1) is 30.1. The smallest absolute Gasteiger partial charge is 0.252 e. The van der Waals surface area contributed by atoms with Crippen molar-refractivity contribution in [2.45, 2.75) is 70.5 Å². The van der Waals surface area contributed by atoms with Gasteiger partial charge in [-0.1, -0.05) is 48.0 Å². The van der Waals surface area contributed by atoms with E-state index >= 15 is 0 Å². The first-order valence-electron chi connectivity index (χ1n) is 13.4. The third-order valence-electron chi connectivity index (χ3n) is 7.04. The maximum absolute atomic E-state index is 14.6. The van der Waals surface area contributed by atoms with Crippen LogP contribution in [-0.2, 0) is 14.4 Å². The van der Waals surface area contributed by atoms with Crippen LogP contribution >= 0.6 is 11.6 Å². The zero-order chi connectivity index (χ0) is 29.9. The highest BCUT2D eigenvalue weighted by Gasteiger charge is 2.48. The molecule has 7 nitrogen and oxygen atoms in total. The molecule has 2 unspecified atom stereocenters. The van der Waals surface area contributed by atoms with Gasteiger partial charge in [0.15, 0.2) is 0 Å². The van der Waals surface area contributed by atoms with Crippen LogP contribution in [0.3, 0.4) is 0 Å². The molecule has 2 fully saturated rings. The molecule has 0 bridgehead atoms. The Bertz CT molecular complexity index is 1420. The molecule has 1 aromatic heterocycles. The number of carbonyl (C=O) groups excluding carboxylic acids is 3. The Hall–Kier alpha value is -3.85. The normalized spacial score (nSPS) is 19.7. The Morgan fingerprint density at radius 2 is 1.98 bits per heavy atom. The number of alkyl halides is 2. The van der Waals surface area contributed by atoms with Gasteiger partial charge in [-0.2, -0.15) is 0 Å². The number of aryl methyl sites for hydroxylation is 1. The Kier molecular flexibility index (Phi) is 9.07. The van der Waals surface area contributed by atoms with Crippen molar-refractivity contribution in [3.63, 3.8) is 0 Å². The number of carbonyl (C=O) groups is 3. The topological polar surface area (TPSA) is 82.6 Å². The molecule has 1 N–H and O–H groups in total. The molecule has 4 rings (SSSR count). The van der Waals surface area contributed by atoms with Crippen LogP contribution in [0.1, 0.15) is 56.7 Å². The van der Waals surface area contributed by atoms with E-state index in [0.29, 0.717) is 22.7 Å². The van der Waals surface area contributed by atoms with E-state index < -0.39 is 48.7 Å². The Balaban J connectivity index is 1.85. The van der Waals surface area contributed by atoms with E-state index in [1.54, 1.807) is 74.7 Å². The van der Waals surface area contributed by atoms with Gasteiger partial charge in [-0.05, 0) is 63.1 Å². The number of amides is 3. The predicted octanol–water partition coefficient (Wildman–Crippen LogP) is 6.06. The maximum atomic E-state index is 14.6. The second-order valence-corrected chi connectivity index (χ2v) is 10.9. The van der Waals surface area contributed by atoms with Crippen molar-refractivity contribution in [1.29, 1.82) is 0 Å². The number of pyridine rings is 1. The molecular formula is C31H33ClF2N4O3. The first-order valence-corrected chi connectivity index (χ1v) is 13.8. The third kappa shape index (κ3) is 6.73. The zero-order valence-electron chi connectivity index (χ0n) is 23.2. The fourth-order valence-corrected chi connectivity index (χ4v) is 5.42. The number of aromatic nitrogens is 1. The number of allylic oxidation sites excluding steroid dienone is 4. The Morgan fingerprint density at radius 3 is 2.59 bits per heavy atom. The lowest BCUT2D eigenvalue weighted by molar-refractivity contribution is -0.142. The number of anilines is 1. The van der Waals surface area contributed by atoms with E-state index in [0.717, 1.165) is 5.56 Å². The fourth-order valence-electron chi connectivity index (χ4n) is 5.18. The minimum atomic E-state index is -2.85. The van der Waals surface area contributed by atoms with Gasteiger partial charge in [0.2, 0.25) is 11.8 Å². The average molecular weight is 583 g/mol. The lowest BCUT2D eigenvalue weighted by Crippen LogP contribution is -2.55. The van der Waals surface area contributed by atoms with Crippen molar-refractivity contribution >= 4 is 35.1 Å². The number of benzene rings is 1. The lowest BCUT2D eigenvalue weighted by Gasteiger charge is -2.39. The molecule has 1 saturated carbocycles. The summed E-state index contributed by atoms with van der Waals surface area (Å²) in [5.41, 5.74) is 2.11. The first-order chi connectivity index (χ1) is 19.4. The number of hydrogen-bond acceptors (Lipinski definition) is 4. The van der Waals surface area contributed by atoms with Crippen molar-refractivity contribution in [3.8, 4) is 0 Å². The largest absolute Gasteiger partial charge is 0.351 e. The molecule has 1 saturated heterocycles. The molecule has 1 aliphatic heterocycles. The van der Waals surface area contributed by atoms with Crippen LogP contribution in [0.15, 0.2) is 78.7 Å². The van der Waals surface area contributed by atoms with Crippen molar-refractivity contribution < 1.29 is 23.2 Å². The molecule has 2 aliphatic rings. The SMILES string of the molecule is C=C(C)C=C(C=CC)N(C(=O)C1CCC(=O)N1c1cc(C)ccn1)C(C(=O)NC1CC(F)(F)C1)c1ccccc1Cl. The molecule has 0 spiro atoms. The van der Waals surface area contributed by atoms with E-state index in [9.17, 15) is 23.2 Å². The van der Waals surface area contributed by atoms with Crippen LogP contribution < -0.4 is 10.2 Å². The van der Waals surface area contributed by atoms with Gasteiger partial charge in [0, 0.05) is 47.8 Å². The quantitative estimate of drug-likeness (QED) is 0.364. The summed E-state index contributed by atoms with van der Waals surface area (Å²) >= 11 is 6.59. The van der Waals surface area contributed by atoms with Gasteiger partial charge in [-0.25, -0.2) is 13.8 Å². The second-order valence-electron chi connectivity index (χ2n) is 10.5.